The van der Waals surface area contributed by atoms with Gasteiger partial charge in [0.2, 0.25) is 0 Å². The zero-order valence-corrected chi connectivity index (χ0v) is 6.35. The number of rotatable bonds is 4. The van der Waals surface area contributed by atoms with Crippen molar-refractivity contribution in [1.29, 1.82) is 0 Å². The Labute approximate surface area is 60.4 Å². The molecule has 0 aliphatic heterocycles. The zero-order valence-electron chi connectivity index (χ0n) is 6.35. The van der Waals surface area contributed by atoms with E-state index in [9.17, 15) is 4.79 Å². The summed E-state index contributed by atoms with van der Waals surface area (Å²) < 4.78 is 0. The molecule has 0 bridgehead atoms. The molecule has 60 valence electrons. The molecule has 0 radical (unpaired) electrons. The molecule has 0 atom stereocenters. The molecule has 0 saturated heterocycles. The summed E-state index contributed by atoms with van der Waals surface area (Å²) in [5, 5.41) is 10.9. The van der Waals surface area contributed by atoms with Crippen LogP contribution in [0.25, 0.3) is 0 Å². The second-order valence-corrected chi connectivity index (χ2v) is 2.99. The van der Waals surface area contributed by atoms with Gasteiger partial charge < -0.3 is 16.2 Å². The molecule has 0 spiro atoms. The summed E-state index contributed by atoms with van der Waals surface area (Å²) in [6.07, 6.45) is 0. The van der Waals surface area contributed by atoms with E-state index in [0.29, 0.717) is 6.54 Å². The van der Waals surface area contributed by atoms with Gasteiger partial charge in [-0.2, -0.15) is 0 Å². The van der Waals surface area contributed by atoms with E-state index in [1.807, 2.05) is 13.8 Å². The quantitative estimate of drug-likeness (QED) is 0.495. The maximum atomic E-state index is 9.98. The lowest BCUT2D eigenvalue weighted by Gasteiger charge is -2.17. The van der Waals surface area contributed by atoms with Gasteiger partial charge in [-0.25, -0.2) is 0 Å². The maximum Gasteiger partial charge on any atom is 0.317 e. The number of aliphatic carboxylic acids is 1. The highest BCUT2D eigenvalue weighted by Gasteiger charge is 2.09. The summed E-state index contributed by atoms with van der Waals surface area (Å²) in [6.45, 7) is 4.16. The van der Waals surface area contributed by atoms with E-state index in [0.717, 1.165) is 0 Å². The molecule has 4 heteroatoms. The van der Waals surface area contributed by atoms with Gasteiger partial charge in [0.25, 0.3) is 0 Å². The molecule has 4 N–H and O–H groups in total. The molecule has 0 heterocycles. The number of nitrogens with one attached hydrogen (secondary N) is 1. The predicted molar refractivity (Wildman–Crippen MR) is 38.8 cm³/mol. The van der Waals surface area contributed by atoms with Crippen molar-refractivity contribution in [3.63, 3.8) is 0 Å². The summed E-state index contributed by atoms with van der Waals surface area (Å²) in [7, 11) is 0. The van der Waals surface area contributed by atoms with Crippen LogP contribution < -0.4 is 11.1 Å². The lowest BCUT2D eigenvalue weighted by Crippen LogP contribution is -2.44. The minimum absolute atomic E-state index is 0.0272. The minimum atomic E-state index is -0.857. The number of carboxylic acids is 1. The van der Waals surface area contributed by atoms with Gasteiger partial charge in [0.1, 0.15) is 0 Å². The Hall–Kier alpha value is -0.610. The van der Waals surface area contributed by atoms with Gasteiger partial charge in [0, 0.05) is 12.1 Å². The van der Waals surface area contributed by atoms with E-state index in [2.05, 4.69) is 5.32 Å². The van der Waals surface area contributed by atoms with Crippen LogP contribution in [0.15, 0.2) is 0 Å². The second kappa shape index (κ2) is 3.53. The van der Waals surface area contributed by atoms with Crippen LogP contribution in [-0.2, 0) is 4.79 Å². The van der Waals surface area contributed by atoms with Crippen LogP contribution in [0.1, 0.15) is 13.8 Å². The molecule has 0 aromatic heterocycles. The average molecular weight is 146 g/mol. The summed E-state index contributed by atoms with van der Waals surface area (Å²) in [5.74, 6) is -0.857. The molecule has 0 aromatic rings. The van der Waals surface area contributed by atoms with Gasteiger partial charge in [0.05, 0.1) is 6.54 Å². The topological polar surface area (TPSA) is 75.3 Å². The Morgan fingerprint density at radius 2 is 2.20 bits per heavy atom. The fourth-order valence-corrected chi connectivity index (χ4v) is 0.492. The third kappa shape index (κ3) is 7.39. The smallest absolute Gasteiger partial charge is 0.317 e. The van der Waals surface area contributed by atoms with Crippen LogP contribution in [0.2, 0.25) is 0 Å². The first-order chi connectivity index (χ1) is 4.42. The number of carboxylic acid groups (broad SMARTS) is 1. The number of hydrogen-bond acceptors (Lipinski definition) is 3. The third-order valence-corrected chi connectivity index (χ3v) is 0.857. The molecule has 0 rings (SSSR count). The molecular weight excluding hydrogens is 132 g/mol. The highest BCUT2D eigenvalue weighted by Crippen LogP contribution is 1.91. The molecule has 0 aromatic carbocycles. The fourth-order valence-electron chi connectivity index (χ4n) is 0.492. The van der Waals surface area contributed by atoms with Gasteiger partial charge in [-0.15, -0.1) is 0 Å². The molecule has 4 nitrogen and oxygen atoms in total. The Kier molecular flexibility index (Phi) is 3.32. The van der Waals surface area contributed by atoms with Crippen LogP contribution in [0.4, 0.5) is 0 Å². The van der Waals surface area contributed by atoms with Crippen molar-refractivity contribution in [3.05, 3.63) is 0 Å². The number of nitrogens with two attached hydrogens (primary N) is 1. The zero-order chi connectivity index (χ0) is 8.20. The Morgan fingerprint density at radius 1 is 1.70 bits per heavy atom. The molecule has 0 aliphatic rings. The van der Waals surface area contributed by atoms with Crippen molar-refractivity contribution in [2.45, 2.75) is 19.4 Å². The van der Waals surface area contributed by atoms with Crippen molar-refractivity contribution < 1.29 is 9.90 Å². The normalized spacial score (nSPS) is 11.5. The van der Waals surface area contributed by atoms with E-state index in [-0.39, 0.29) is 12.1 Å². The summed E-state index contributed by atoms with van der Waals surface area (Å²) in [6, 6.07) is 0. The molecule has 0 fully saturated rings. The first-order valence-electron chi connectivity index (χ1n) is 3.13. The first-order valence-corrected chi connectivity index (χ1v) is 3.13. The van der Waals surface area contributed by atoms with Gasteiger partial charge in [-0.1, -0.05) is 0 Å². The fraction of sp³-hybridized carbons (Fsp3) is 0.833. The molecule has 0 aliphatic carbocycles. The molecule has 0 saturated carbocycles. The summed E-state index contributed by atoms with van der Waals surface area (Å²) in [5.41, 5.74) is 5.23. The van der Waals surface area contributed by atoms with Gasteiger partial charge >= 0.3 is 5.97 Å². The van der Waals surface area contributed by atoms with Gasteiger partial charge in [-0.3, -0.25) is 4.79 Å². The predicted octanol–water partition coefficient (Wildman–Crippen LogP) is -0.602. The second-order valence-electron chi connectivity index (χ2n) is 2.99. The summed E-state index contributed by atoms with van der Waals surface area (Å²) in [4.78, 5) is 9.98. The van der Waals surface area contributed by atoms with Crippen molar-refractivity contribution in [2.75, 3.05) is 13.1 Å². The molecule has 0 amide bonds. The van der Waals surface area contributed by atoms with Crippen molar-refractivity contribution in [2.24, 2.45) is 5.73 Å². The minimum Gasteiger partial charge on any atom is -0.480 e. The van der Waals surface area contributed by atoms with E-state index in [1.54, 1.807) is 0 Å². The standard InChI is InChI=1S/C6H14N2O2/c1-6(2,7)4-8-3-5(9)10/h8H,3-4,7H2,1-2H3,(H,9,10). The highest BCUT2D eigenvalue weighted by molar-refractivity contribution is 5.68. The van der Waals surface area contributed by atoms with E-state index in [1.165, 1.54) is 0 Å². The Morgan fingerprint density at radius 3 is 2.50 bits per heavy atom. The largest absolute Gasteiger partial charge is 0.480 e. The summed E-state index contributed by atoms with van der Waals surface area (Å²) >= 11 is 0. The SMILES string of the molecule is CC(C)(N)CNCC(=O)O. The lowest BCUT2D eigenvalue weighted by atomic mass is 10.1. The average Bonchev–Trinajstić information content (AvgIpc) is 1.59. The molecular formula is C6H14N2O2. The lowest BCUT2D eigenvalue weighted by molar-refractivity contribution is -0.135. The van der Waals surface area contributed by atoms with E-state index >= 15 is 0 Å². The first kappa shape index (κ1) is 9.39. The molecule has 10 heavy (non-hydrogen) atoms. The van der Waals surface area contributed by atoms with Crippen LogP contribution >= 0.6 is 0 Å². The van der Waals surface area contributed by atoms with Crippen LogP contribution in [0.5, 0.6) is 0 Å². The van der Waals surface area contributed by atoms with E-state index < -0.39 is 5.97 Å². The number of hydrogen-bond donors (Lipinski definition) is 3. The van der Waals surface area contributed by atoms with E-state index in [4.69, 9.17) is 10.8 Å². The maximum absolute atomic E-state index is 9.98. The number of carbonyl (C=O) groups is 1. The highest BCUT2D eigenvalue weighted by atomic mass is 16.4. The molecule has 0 unspecified atom stereocenters. The van der Waals surface area contributed by atoms with Crippen molar-refractivity contribution >= 4 is 5.97 Å². The Balaban J connectivity index is 3.29. The van der Waals surface area contributed by atoms with Crippen molar-refractivity contribution in [3.8, 4) is 0 Å². The van der Waals surface area contributed by atoms with Crippen LogP contribution in [0.3, 0.4) is 0 Å². The monoisotopic (exact) mass is 146 g/mol. The van der Waals surface area contributed by atoms with Crippen molar-refractivity contribution in [1.82, 2.24) is 5.32 Å². The van der Waals surface area contributed by atoms with Gasteiger partial charge in [0.15, 0.2) is 0 Å². The third-order valence-electron chi connectivity index (χ3n) is 0.857. The van der Waals surface area contributed by atoms with Crippen LogP contribution in [-0.4, -0.2) is 29.7 Å². The van der Waals surface area contributed by atoms with Crippen LogP contribution in [0, 0.1) is 0 Å². The Bertz CT molecular complexity index is 117. The van der Waals surface area contributed by atoms with Gasteiger partial charge in [-0.05, 0) is 13.8 Å².